The van der Waals surface area contributed by atoms with E-state index in [4.69, 9.17) is 5.11 Å². The van der Waals surface area contributed by atoms with Crippen LogP contribution in [0.2, 0.25) is 0 Å². The molecule has 10 heavy (non-hydrogen) atoms. The van der Waals surface area contributed by atoms with Crippen LogP contribution in [-0.4, -0.2) is 16.1 Å². The van der Waals surface area contributed by atoms with Crippen molar-refractivity contribution in [1.82, 2.24) is 4.98 Å². The van der Waals surface area contributed by atoms with Gasteiger partial charge in [0.1, 0.15) is 0 Å². The van der Waals surface area contributed by atoms with Gasteiger partial charge in [-0.15, -0.1) is 0 Å². The van der Waals surface area contributed by atoms with Gasteiger partial charge in [-0.2, -0.15) is 0 Å². The second-order valence-electron chi connectivity index (χ2n) is 1.54. The quantitative estimate of drug-likeness (QED) is 0.726. The predicted molar refractivity (Wildman–Crippen MR) is 31.2 cm³/mol. The number of nitrogens with zero attached hydrogens (tertiary/aromatic N) is 1. The first-order valence-corrected chi connectivity index (χ1v) is 2.44. The summed E-state index contributed by atoms with van der Waals surface area (Å²) in [7, 11) is 0. The summed E-state index contributed by atoms with van der Waals surface area (Å²) >= 11 is 0. The molecule has 1 rings (SSSR count). The van der Waals surface area contributed by atoms with Crippen LogP contribution in [0.3, 0.4) is 0 Å². The van der Waals surface area contributed by atoms with Gasteiger partial charge in [-0.1, -0.05) is 0 Å². The molecule has 3 nitrogen and oxygen atoms in total. The number of aromatic nitrogens is 1. The molecule has 0 bridgehead atoms. The van der Waals surface area contributed by atoms with Crippen LogP contribution in [-0.2, 0) is 22.4 Å². The number of aromatic carboxylic acids is 1. The molecule has 0 saturated heterocycles. The van der Waals surface area contributed by atoms with Crippen LogP contribution in [0.1, 0.15) is 10.4 Å². The molecule has 1 aromatic rings. The van der Waals surface area contributed by atoms with Gasteiger partial charge in [0.25, 0.3) is 0 Å². The van der Waals surface area contributed by atoms with E-state index in [1.807, 2.05) is 0 Å². The average Bonchev–Trinajstić information content (AvgIpc) is 1.90. The first kappa shape index (κ1) is 9.36. The molecular weight excluding hydrogens is 226 g/mol. The number of carbonyl (C=O) groups is 1. The van der Waals surface area contributed by atoms with Gasteiger partial charge in [0, 0.05) is 34.8 Å². The minimum absolute atomic E-state index is 0. The van der Waals surface area contributed by atoms with Gasteiger partial charge in [0.15, 0.2) is 0 Å². The van der Waals surface area contributed by atoms with Gasteiger partial charge in [0.2, 0.25) is 0 Å². The van der Waals surface area contributed by atoms with E-state index < -0.39 is 5.97 Å². The van der Waals surface area contributed by atoms with E-state index in [2.05, 4.69) is 4.98 Å². The predicted octanol–water partition coefficient (Wildman–Crippen LogP) is 0.777. The van der Waals surface area contributed by atoms with Crippen LogP contribution < -0.4 is 0 Å². The van der Waals surface area contributed by atoms with Crippen molar-refractivity contribution in [3.63, 3.8) is 0 Å². The SMILES string of the molecule is O=C(O)c1ccncc1.[Ag]. The number of hydrogen-bond donors (Lipinski definition) is 1. The van der Waals surface area contributed by atoms with Crippen molar-refractivity contribution in [2.45, 2.75) is 0 Å². The van der Waals surface area contributed by atoms with E-state index in [1.165, 1.54) is 24.5 Å². The fourth-order valence-corrected chi connectivity index (χ4v) is 0.494. The maximum Gasteiger partial charge on any atom is 0.335 e. The Morgan fingerprint density at radius 1 is 1.40 bits per heavy atom. The molecule has 0 fully saturated rings. The zero-order valence-electron chi connectivity index (χ0n) is 4.91. The normalized spacial score (nSPS) is 8.00. The van der Waals surface area contributed by atoms with Crippen molar-refractivity contribution in [2.24, 2.45) is 0 Å². The Morgan fingerprint density at radius 2 is 1.90 bits per heavy atom. The Bertz CT molecular complexity index is 212. The van der Waals surface area contributed by atoms with Crippen molar-refractivity contribution in [1.29, 1.82) is 0 Å². The van der Waals surface area contributed by atoms with Gasteiger partial charge in [-0.25, -0.2) is 4.79 Å². The summed E-state index contributed by atoms with van der Waals surface area (Å²) in [6.07, 6.45) is 2.90. The van der Waals surface area contributed by atoms with E-state index in [0.29, 0.717) is 0 Å². The molecule has 1 aromatic heterocycles. The van der Waals surface area contributed by atoms with Crippen LogP contribution in [0.4, 0.5) is 0 Å². The number of hydrogen-bond acceptors (Lipinski definition) is 2. The first-order valence-electron chi connectivity index (χ1n) is 2.44. The first-order chi connectivity index (χ1) is 4.30. The number of rotatable bonds is 1. The largest absolute Gasteiger partial charge is 0.478 e. The summed E-state index contributed by atoms with van der Waals surface area (Å²) in [5.41, 5.74) is 0.269. The van der Waals surface area contributed by atoms with E-state index >= 15 is 0 Å². The van der Waals surface area contributed by atoms with Crippen LogP contribution in [0, 0.1) is 0 Å². The molecule has 0 atom stereocenters. The van der Waals surface area contributed by atoms with Gasteiger partial charge < -0.3 is 5.11 Å². The molecule has 0 aliphatic carbocycles. The third-order valence-electron chi connectivity index (χ3n) is 0.927. The molecule has 4 heteroatoms. The molecule has 1 heterocycles. The molecule has 0 amide bonds. The molecule has 1 N–H and O–H groups in total. The summed E-state index contributed by atoms with van der Waals surface area (Å²) in [5.74, 6) is -0.919. The van der Waals surface area contributed by atoms with Crippen LogP contribution in [0.25, 0.3) is 0 Å². The van der Waals surface area contributed by atoms with Gasteiger partial charge >= 0.3 is 5.97 Å². The van der Waals surface area contributed by atoms with Gasteiger partial charge in [-0.05, 0) is 12.1 Å². The minimum atomic E-state index is -0.919. The maximum atomic E-state index is 10.2. The van der Waals surface area contributed by atoms with Gasteiger partial charge in [0.05, 0.1) is 5.56 Å². The summed E-state index contributed by atoms with van der Waals surface area (Å²) < 4.78 is 0. The standard InChI is InChI=1S/C6H5NO2.Ag/c8-6(9)5-1-3-7-4-2-5;/h1-4H,(H,8,9);. The molecule has 0 aliphatic rings. The molecule has 0 unspecified atom stereocenters. The third-order valence-corrected chi connectivity index (χ3v) is 0.927. The number of pyridine rings is 1. The Hall–Kier alpha value is -0.640. The molecule has 0 saturated carbocycles. The monoisotopic (exact) mass is 230 g/mol. The number of carboxylic acids is 1. The summed E-state index contributed by atoms with van der Waals surface area (Å²) in [5, 5.41) is 8.36. The van der Waals surface area contributed by atoms with Crippen LogP contribution in [0.5, 0.6) is 0 Å². The van der Waals surface area contributed by atoms with E-state index in [0.717, 1.165) is 0 Å². The van der Waals surface area contributed by atoms with Crippen molar-refractivity contribution in [2.75, 3.05) is 0 Å². The topological polar surface area (TPSA) is 50.2 Å². The fraction of sp³-hybridized carbons (Fsp3) is 0. The Morgan fingerprint density at radius 3 is 2.20 bits per heavy atom. The van der Waals surface area contributed by atoms with Crippen molar-refractivity contribution in [3.05, 3.63) is 30.1 Å². The second kappa shape index (κ2) is 4.22. The van der Waals surface area contributed by atoms with Crippen molar-refractivity contribution in [3.8, 4) is 0 Å². The van der Waals surface area contributed by atoms with Crippen LogP contribution in [0.15, 0.2) is 24.5 Å². The summed E-state index contributed by atoms with van der Waals surface area (Å²) in [6.45, 7) is 0. The molecule has 0 spiro atoms. The molecule has 0 aliphatic heterocycles. The zero-order valence-corrected chi connectivity index (χ0v) is 6.40. The summed E-state index contributed by atoms with van der Waals surface area (Å²) in [4.78, 5) is 13.8. The van der Waals surface area contributed by atoms with E-state index in [-0.39, 0.29) is 27.9 Å². The fourth-order valence-electron chi connectivity index (χ4n) is 0.494. The molecule has 0 aromatic carbocycles. The molecular formula is C6H5AgNO2. The zero-order chi connectivity index (χ0) is 6.69. The Kier molecular flexibility index (Phi) is 3.95. The molecule has 1 radical (unpaired) electrons. The maximum absolute atomic E-state index is 10.2. The van der Waals surface area contributed by atoms with Gasteiger partial charge in [-0.3, -0.25) is 4.98 Å². The average molecular weight is 231 g/mol. The van der Waals surface area contributed by atoms with Crippen molar-refractivity contribution >= 4 is 5.97 Å². The van der Waals surface area contributed by atoms with Crippen LogP contribution >= 0.6 is 0 Å². The summed E-state index contributed by atoms with van der Waals surface area (Å²) in [6, 6.07) is 2.89. The molecule has 57 valence electrons. The second-order valence-corrected chi connectivity index (χ2v) is 1.54. The Balaban J connectivity index is 0.000000810. The number of carboxylic acid groups (broad SMARTS) is 1. The van der Waals surface area contributed by atoms with E-state index in [1.54, 1.807) is 0 Å². The van der Waals surface area contributed by atoms with E-state index in [9.17, 15) is 4.79 Å². The minimum Gasteiger partial charge on any atom is -0.478 e. The van der Waals surface area contributed by atoms with Crippen molar-refractivity contribution < 1.29 is 32.3 Å². The smallest absolute Gasteiger partial charge is 0.335 e. The Labute approximate surface area is 73.6 Å². The third kappa shape index (κ3) is 2.31.